The minimum atomic E-state index is -1.11. The lowest BCUT2D eigenvalue weighted by molar-refractivity contribution is -0.150. The number of carbonyl (C=O) groups excluding carboxylic acids is 2. The molecule has 2 saturated heterocycles. The highest BCUT2D eigenvalue weighted by atomic mass is 32.1. The second-order valence-electron chi connectivity index (χ2n) is 11.4. The number of hydrogen-bond donors (Lipinski definition) is 1. The van der Waals surface area contributed by atoms with Crippen LogP contribution < -0.4 is 0 Å². The van der Waals surface area contributed by atoms with Gasteiger partial charge in [-0.05, 0) is 51.2 Å². The molecule has 0 bridgehead atoms. The minimum Gasteiger partial charge on any atom is -0.458 e. The SMILES string of the molecule is C/C(=C\c1csc(C)n1)[C@@H]1C[C@@H]2O[C@]2(C)CCCC(C)[C@H](O)C(C)C(=O)C(C)(C)[C@H](C#N)CC(=O)O1. The predicted octanol–water partition coefficient (Wildman–Crippen LogP) is 5.26. The number of ether oxygens (including phenoxy) is 2. The van der Waals surface area contributed by atoms with Crippen molar-refractivity contribution in [1.29, 1.82) is 5.26 Å². The van der Waals surface area contributed by atoms with E-state index in [0.29, 0.717) is 6.42 Å². The molecule has 0 radical (unpaired) electrons. The molecule has 0 amide bonds. The molecule has 36 heavy (non-hydrogen) atoms. The fraction of sp³-hybridized carbons (Fsp3) is 0.714. The molecule has 0 saturated carbocycles. The van der Waals surface area contributed by atoms with Gasteiger partial charge in [0.1, 0.15) is 11.9 Å². The van der Waals surface area contributed by atoms with Gasteiger partial charge in [0.25, 0.3) is 0 Å². The quantitative estimate of drug-likeness (QED) is 0.421. The minimum absolute atomic E-state index is 0.0485. The van der Waals surface area contributed by atoms with Crippen molar-refractivity contribution < 1.29 is 24.2 Å². The monoisotopic (exact) mass is 516 g/mol. The molecule has 198 valence electrons. The Hall–Kier alpha value is -2.08. The number of fused-ring (bicyclic) bond motifs is 1. The van der Waals surface area contributed by atoms with Crippen LogP contribution in [0.1, 0.15) is 84.3 Å². The number of nitrogens with zero attached hydrogens (tertiary/aromatic N) is 2. The predicted molar refractivity (Wildman–Crippen MR) is 139 cm³/mol. The summed E-state index contributed by atoms with van der Waals surface area (Å²) in [7, 11) is 0. The maximum Gasteiger partial charge on any atom is 0.307 e. The fourth-order valence-electron chi connectivity index (χ4n) is 5.29. The number of hydrogen-bond acceptors (Lipinski definition) is 8. The largest absolute Gasteiger partial charge is 0.458 e. The first-order chi connectivity index (χ1) is 16.8. The van der Waals surface area contributed by atoms with Gasteiger partial charge in [-0.2, -0.15) is 5.26 Å². The Morgan fingerprint density at radius 1 is 1.31 bits per heavy atom. The number of cyclic esters (lactones) is 1. The summed E-state index contributed by atoms with van der Waals surface area (Å²) in [4.78, 5) is 31.0. The lowest BCUT2D eigenvalue weighted by atomic mass is 9.69. The maximum atomic E-state index is 13.4. The zero-order chi connectivity index (χ0) is 26.8. The van der Waals surface area contributed by atoms with Gasteiger partial charge in [-0.25, -0.2) is 4.98 Å². The van der Waals surface area contributed by atoms with E-state index in [2.05, 4.69) is 18.0 Å². The van der Waals surface area contributed by atoms with Crippen LogP contribution in [0.2, 0.25) is 0 Å². The van der Waals surface area contributed by atoms with Gasteiger partial charge in [-0.3, -0.25) is 9.59 Å². The fourth-order valence-corrected chi connectivity index (χ4v) is 5.86. The van der Waals surface area contributed by atoms with Crippen LogP contribution in [0.3, 0.4) is 0 Å². The normalized spacial score (nSPS) is 36.5. The first kappa shape index (κ1) is 28.5. The van der Waals surface area contributed by atoms with E-state index >= 15 is 0 Å². The van der Waals surface area contributed by atoms with Crippen LogP contribution >= 0.6 is 11.3 Å². The van der Waals surface area contributed by atoms with E-state index in [1.54, 1.807) is 32.1 Å². The van der Waals surface area contributed by atoms with Crippen LogP contribution in [0.25, 0.3) is 6.08 Å². The van der Waals surface area contributed by atoms with Crippen LogP contribution in [0, 0.1) is 41.4 Å². The molecule has 1 N–H and O–H groups in total. The zero-order valence-corrected chi connectivity index (χ0v) is 23.4. The summed E-state index contributed by atoms with van der Waals surface area (Å²) in [5.74, 6) is -2.32. The van der Waals surface area contributed by atoms with Crippen LogP contribution in [-0.4, -0.2) is 45.8 Å². The molecule has 2 aliphatic rings. The highest BCUT2D eigenvalue weighted by Crippen LogP contribution is 2.45. The summed E-state index contributed by atoms with van der Waals surface area (Å²) in [5.41, 5.74) is 0.270. The second-order valence-corrected chi connectivity index (χ2v) is 12.5. The molecule has 0 aromatic carbocycles. The number of ketones is 1. The Kier molecular flexibility index (Phi) is 8.80. The van der Waals surface area contributed by atoms with E-state index < -0.39 is 35.4 Å². The number of aliphatic hydroxyl groups is 1. The molecular weight excluding hydrogens is 476 g/mol. The molecule has 7 atom stereocenters. The zero-order valence-electron chi connectivity index (χ0n) is 22.5. The maximum absolute atomic E-state index is 13.4. The topological polar surface area (TPSA) is 113 Å². The van der Waals surface area contributed by atoms with Gasteiger partial charge < -0.3 is 14.6 Å². The summed E-state index contributed by atoms with van der Waals surface area (Å²) in [5, 5.41) is 23.7. The van der Waals surface area contributed by atoms with Crippen molar-refractivity contribution in [2.45, 2.75) is 104 Å². The molecule has 2 unspecified atom stereocenters. The smallest absolute Gasteiger partial charge is 0.307 e. The number of epoxide rings is 1. The molecule has 8 heteroatoms. The van der Waals surface area contributed by atoms with Crippen molar-refractivity contribution in [3.63, 3.8) is 0 Å². The molecule has 0 aliphatic carbocycles. The van der Waals surface area contributed by atoms with Crippen molar-refractivity contribution in [1.82, 2.24) is 4.98 Å². The van der Waals surface area contributed by atoms with Gasteiger partial charge in [-0.1, -0.05) is 34.1 Å². The number of aryl methyl sites for hydroxylation is 1. The van der Waals surface area contributed by atoms with Crippen LogP contribution in [-0.2, 0) is 19.1 Å². The molecular formula is C28H40N2O5S. The third-order valence-electron chi connectivity index (χ3n) is 8.13. The van der Waals surface area contributed by atoms with Gasteiger partial charge in [0, 0.05) is 23.1 Å². The van der Waals surface area contributed by atoms with Gasteiger partial charge in [0.15, 0.2) is 0 Å². The molecule has 3 rings (SSSR count). The van der Waals surface area contributed by atoms with Crippen molar-refractivity contribution >= 4 is 29.2 Å². The van der Waals surface area contributed by atoms with Crippen molar-refractivity contribution in [3.05, 3.63) is 21.7 Å². The number of aromatic nitrogens is 1. The van der Waals surface area contributed by atoms with Gasteiger partial charge in [0.2, 0.25) is 0 Å². The summed E-state index contributed by atoms with van der Waals surface area (Å²) < 4.78 is 12.0. The van der Waals surface area contributed by atoms with E-state index in [9.17, 15) is 20.0 Å². The number of carbonyl (C=O) groups is 2. The Balaban J connectivity index is 1.89. The lowest BCUT2D eigenvalue weighted by Crippen LogP contribution is -2.43. The average molecular weight is 517 g/mol. The van der Waals surface area contributed by atoms with Crippen LogP contribution in [0.4, 0.5) is 0 Å². The van der Waals surface area contributed by atoms with Crippen LogP contribution in [0.5, 0.6) is 0 Å². The molecule has 2 fully saturated rings. The van der Waals surface area contributed by atoms with E-state index in [1.807, 2.05) is 32.2 Å². The highest BCUT2D eigenvalue weighted by molar-refractivity contribution is 7.09. The summed E-state index contributed by atoms with van der Waals surface area (Å²) in [6, 6.07) is 2.16. The standard InChI is InChI=1S/C28H40N2O5S/c1-16-9-8-10-28(7)23(35-28)13-22(17(2)11-21-15-36-19(4)30-21)34-24(31)12-20(14-29)27(5,6)26(33)18(3)25(16)32/h11,15-16,18,20,22-23,25,32H,8-10,12-13H2,1-7H3/b17-11+/t16?,18?,20-,22-,23-,25-,28+/m0/s1. The lowest BCUT2D eigenvalue weighted by Gasteiger charge is -2.34. The summed E-state index contributed by atoms with van der Waals surface area (Å²) in [6.07, 6.45) is 3.32. The Morgan fingerprint density at radius 3 is 2.61 bits per heavy atom. The number of nitriles is 1. The van der Waals surface area contributed by atoms with E-state index in [-0.39, 0.29) is 29.8 Å². The first-order valence-corrected chi connectivity index (χ1v) is 13.8. The second kappa shape index (κ2) is 11.1. The van der Waals surface area contributed by atoms with Gasteiger partial charge in [0.05, 0.1) is 46.9 Å². The number of aliphatic hydroxyl groups excluding tert-OH is 1. The Bertz CT molecular complexity index is 1040. The number of rotatable bonds is 2. The summed E-state index contributed by atoms with van der Waals surface area (Å²) >= 11 is 1.56. The molecule has 2 aliphatic heterocycles. The average Bonchev–Trinajstić information content (AvgIpc) is 3.26. The van der Waals surface area contributed by atoms with Gasteiger partial charge >= 0.3 is 5.97 Å². The summed E-state index contributed by atoms with van der Waals surface area (Å²) in [6.45, 7) is 13.0. The Morgan fingerprint density at radius 2 is 2.00 bits per heavy atom. The molecule has 3 heterocycles. The molecule has 0 spiro atoms. The third kappa shape index (κ3) is 6.42. The third-order valence-corrected chi connectivity index (χ3v) is 8.92. The van der Waals surface area contributed by atoms with Crippen molar-refractivity contribution in [2.75, 3.05) is 0 Å². The Labute approximate surface area is 218 Å². The number of Topliss-reactive ketones (excluding diaryl/α,β-unsaturated/α-hetero) is 1. The van der Waals surface area contributed by atoms with Crippen LogP contribution in [0.15, 0.2) is 11.0 Å². The first-order valence-electron chi connectivity index (χ1n) is 12.9. The number of thiazole rings is 1. The molecule has 7 nitrogen and oxygen atoms in total. The van der Waals surface area contributed by atoms with E-state index in [0.717, 1.165) is 35.5 Å². The van der Waals surface area contributed by atoms with E-state index in [4.69, 9.17) is 9.47 Å². The number of esters is 1. The molecule has 1 aromatic heterocycles. The van der Waals surface area contributed by atoms with Crippen molar-refractivity contribution in [2.24, 2.45) is 23.2 Å². The van der Waals surface area contributed by atoms with Crippen molar-refractivity contribution in [3.8, 4) is 6.07 Å². The highest BCUT2D eigenvalue weighted by Gasteiger charge is 2.53. The molecule has 1 aromatic rings. The van der Waals surface area contributed by atoms with Gasteiger partial charge in [-0.15, -0.1) is 11.3 Å². The van der Waals surface area contributed by atoms with E-state index in [1.165, 1.54) is 0 Å².